The first-order valence-corrected chi connectivity index (χ1v) is 6.33. The van der Waals surface area contributed by atoms with Gasteiger partial charge in [0.2, 0.25) is 6.43 Å². The fraction of sp³-hybridized carbons (Fsp3) is 0.538. The molecule has 0 spiro atoms. The van der Waals surface area contributed by atoms with E-state index >= 15 is 0 Å². The zero-order valence-electron chi connectivity index (χ0n) is 10.9. The van der Waals surface area contributed by atoms with Crippen LogP contribution in [0.25, 0.3) is 0 Å². The van der Waals surface area contributed by atoms with Crippen LogP contribution in [0.5, 0.6) is 0 Å². The number of ether oxygens (including phenoxy) is 1. The van der Waals surface area contributed by atoms with Crippen LogP contribution in [0.1, 0.15) is 41.1 Å². The second-order valence-electron chi connectivity index (χ2n) is 4.72. The molecule has 0 bridgehead atoms. The van der Waals surface area contributed by atoms with Crippen molar-refractivity contribution in [3.05, 3.63) is 33.2 Å². The van der Waals surface area contributed by atoms with Crippen molar-refractivity contribution >= 4 is 5.97 Å². The summed E-state index contributed by atoms with van der Waals surface area (Å²) in [5, 5.41) is 9.90. The number of nitrogens with one attached hydrogen (secondary N) is 1. The summed E-state index contributed by atoms with van der Waals surface area (Å²) < 4.78 is 30.2. The Hall–Kier alpha value is -1.76. The molecule has 1 aromatic heterocycles. The molecule has 0 amide bonds. The molecule has 0 fully saturated rings. The molecule has 20 heavy (non-hydrogen) atoms. The Balaban J connectivity index is 2.40. The van der Waals surface area contributed by atoms with Gasteiger partial charge in [0.05, 0.1) is 12.7 Å². The van der Waals surface area contributed by atoms with Crippen molar-refractivity contribution < 1.29 is 23.4 Å². The molecule has 2 atom stereocenters. The maximum Gasteiger partial charge on any atom is 0.343 e. The molecule has 2 N–H and O–H groups in total. The summed E-state index contributed by atoms with van der Waals surface area (Å²) in [4.78, 5) is 25.8. The number of esters is 1. The number of carbonyl (C=O) groups excluding carboxylic acids is 1. The van der Waals surface area contributed by atoms with Gasteiger partial charge in [-0.15, -0.1) is 0 Å². The van der Waals surface area contributed by atoms with E-state index in [1.165, 1.54) is 6.07 Å². The van der Waals surface area contributed by atoms with Gasteiger partial charge in [-0.2, -0.15) is 0 Å². The van der Waals surface area contributed by atoms with Crippen LogP contribution in [0.4, 0.5) is 8.78 Å². The molecule has 0 unspecified atom stereocenters. The van der Waals surface area contributed by atoms with Gasteiger partial charge < -0.3 is 14.8 Å². The van der Waals surface area contributed by atoms with E-state index in [-0.39, 0.29) is 30.7 Å². The Labute approximate surface area is 113 Å². The molecule has 0 aliphatic heterocycles. The lowest BCUT2D eigenvalue weighted by molar-refractivity contribution is 0.0290. The van der Waals surface area contributed by atoms with E-state index in [4.69, 9.17) is 4.74 Å². The second kappa shape index (κ2) is 5.70. The van der Waals surface area contributed by atoms with Gasteiger partial charge in [-0.3, -0.25) is 4.79 Å². The summed E-state index contributed by atoms with van der Waals surface area (Å²) in [5.74, 6) is -1.79. The van der Waals surface area contributed by atoms with Crippen molar-refractivity contribution in [3.63, 3.8) is 0 Å². The van der Waals surface area contributed by atoms with Crippen molar-refractivity contribution in [3.8, 4) is 0 Å². The number of carbonyl (C=O) groups is 1. The standard InChI is InChI=1S/C13H15F2NO4/c1-2-20-13(19)8-5-7-9(16-12(8)18)3-6(11(14)15)4-10(7)17/h5-6,10-11,17H,2-4H2,1H3,(H,16,18)/t6-,10-/m1/s1. The molecule has 0 radical (unpaired) electrons. The van der Waals surface area contributed by atoms with E-state index in [2.05, 4.69) is 4.98 Å². The molecule has 5 nitrogen and oxygen atoms in total. The fourth-order valence-electron chi connectivity index (χ4n) is 2.36. The Morgan fingerprint density at radius 2 is 2.30 bits per heavy atom. The highest BCUT2D eigenvalue weighted by atomic mass is 19.3. The van der Waals surface area contributed by atoms with Gasteiger partial charge in [-0.05, 0) is 25.8 Å². The molecule has 2 rings (SSSR count). The third kappa shape index (κ3) is 2.72. The number of rotatable bonds is 3. The fourth-order valence-corrected chi connectivity index (χ4v) is 2.36. The Morgan fingerprint density at radius 3 is 2.90 bits per heavy atom. The quantitative estimate of drug-likeness (QED) is 0.824. The van der Waals surface area contributed by atoms with Crippen molar-refractivity contribution in [2.45, 2.75) is 32.3 Å². The molecule has 0 saturated heterocycles. The highest BCUT2D eigenvalue weighted by Gasteiger charge is 2.33. The first kappa shape index (κ1) is 14.6. The predicted octanol–water partition coefficient (Wildman–Crippen LogP) is 1.41. The molecule has 1 heterocycles. The van der Waals surface area contributed by atoms with Crippen LogP contribution in [0, 0.1) is 5.92 Å². The molecule has 0 aromatic carbocycles. The van der Waals surface area contributed by atoms with Gasteiger partial charge in [0.1, 0.15) is 5.56 Å². The number of halogens is 2. The molecule has 7 heteroatoms. The number of hydrogen-bond acceptors (Lipinski definition) is 4. The van der Waals surface area contributed by atoms with Crippen molar-refractivity contribution in [1.29, 1.82) is 0 Å². The number of aliphatic hydroxyl groups is 1. The van der Waals surface area contributed by atoms with E-state index in [0.717, 1.165) is 0 Å². The zero-order valence-corrected chi connectivity index (χ0v) is 10.9. The number of H-pyrrole nitrogens is 1. The lowest BCUT2D eigenvalue weighted by atomic mass is 9.84. The maximum atomic E-state index is 12.7. The maximum absolute atomic E-state index is 12.7. The smallest absolute Gasteiger partial charge is 0.343 e. The summed E-state index contributed by atoms with van der Waals surface area (Å²) in [6.45, 7) is 1.72. The first-order valence-electron chi connectivity index (χ1n) is 6.33. The lowest BCUT2D eigenvalue weighted by Gasteiger charge is -2.27. The molecular formula is C13H15F2NO4. The highest BCUT2D eigenvalue weighted by molar-refractivity contribution is 5.89. The summed E-state index contributed by atoms with van der Waals surface area (Å²) in [7, 11) is 0. The number of aliphatic hydroxyl groups excluding tert-OH is 1. The summed E-state index contributed by atoms with van der Waals surface area (Å²) in [6.07, 6.45) is -3.81. The summed E-state index contributed by atoms with van der Waals surface area (Å²) in [5.41, 5.74) is -0.346. The lowest BCUT2D eigenvalue weighted by Crippen LogP contribution is -2.30. The Kier molecular flexibility index (Phi) is 4.17. The zero-order chi connectivity index (χ0) is 14.9. The minimum atomic E-state index is -2.56. The van der Waals surface area contributed by atoms with Crippen LogP contribution < -0.4 is 5.56 Å². The van der Waals surface area contributed by atoms with Gasteiger partial charge >= 0.3 is 5.97 Å². The van der Waals surface area contributed by atoms with Crippen LogP contribution in [0.2, 0.25) is 0 Å². The minimum Gasteiger partial charge on any atom is -0.462 e. The third-order valence-corrected chi connectivity index (χ3v) is 3.36. The van der Waals surface area contributed by atoms with Crippen LogP contribution in [0.3, 0.4) is 0 Å². The van der Waals surface area contributed by atoms with E-state index in [9.17, 15) is 23.5 Å². The first-order chi connectivity index (χ1) is 9.43. The number of aromatic amines is 1. The molecule has 0 saturated carbocycles. The molecule has 1 aromatic rings. The van der Waals surface area contributed by atoms with E-state index in [1.807, 2.05) is 0 Å². The van der Waals surface area contributed by atoms with Gasteiger partial charge in [0.25, 0.3) is 5.56 Å². The topological polar surface area (TPSA) is 79.4 Å². The monoisotopic (exact) mass is 287 g/mol. The van der Waals surface area contributed by atoms with Crippen molar-refractivity contribution in [2.24, 2.45) is 5.92 Å². The number of hydrogen-bond donors (Lipinski definition) is 2. The van der Waals surface area contributed by atoms with Crippen LogP contribution in [-0.4, -0.2) is 29.1 Å². The van der Waals surface area contributed by atoms with Crippen LogP contribution in [0.15, 0.2) is 10.9 Å². The number of fused-ring (bicyclic) bond motifs is 1. The van der Waals surface area contributed by atoms with E-state index in [0.29, 0.717) is 5.56 Å². The third-order valence-electron chi connectivity index (χ3n) is 3.36. The summed E-state index contributed by atoms with van der Waals surface area (Å²) >= 11 is 0. The number of alkyl halides is 2. The average Bonchev–Trinajstić information content (AvgIpc) is 2.37. The van der Waals surface area contributed by atoms with Gasteiger partial charge in [-0.1, -0.05) is 0 Å². The Morgan fingerprint density at radius 1 is 1.60 bits per heavy atom. The van der Waals surface area contributed by atoms with Crippen molar-refractivity contribution in [2.75, 3.05) is 6.61 Å². The Bertz CT molecular complexity index is 570. The summed E-state index contributed by atoms with van der Waals surface area (Å²) in [6, 6.07) is 1.23. The minimum absolute atomic E-state index is 0.0254. The van der Waals surface area contributed by atoms with Gasteiger partial charge in [0.15, 0.2) is 0 Å². The molecular weight excluding hydrogens is 272 g/mol. The van der Waals surface area contributed by atoms with Crippen LogP contribution >= 0.6 is 0 Å². The van der Waals surface area contributed by atoms with Gasteiger partial charge in [-0.25, -0.2) is 13.6 Å². The second-order valence-corrected chi connectivity index (χ2v) is 4.72. The van der Waals surface area contributed by atoms with Crippen LogP contribution in [-0.2, 0) is 11.2 Å². The van der Waals surface area contributed by atoms with E-state index < -0.39 is 30.0 Å². The van der Waals surface area contributed by atoms with Crippen molar-refractivity contribution in [1.82, 2.24) is 4.98 Å². The van der Waals surface area contributed by atoms with E-state index in [1.54, 1.807) is 6.92 Å². The SMILES string of the molecule is CCOC(=O)c1cc2c([nH]c1=O)C[C@@H](C(F)F)C[C@H]2O. The highest BCUT2D eigenvalue weighted by Crippen LogP contribution is 2.34. The molecule has 1 aliphatic carbocycles. The average molecular weight is 287 g/mol. The molecule has 110 valence electrons. The number of pyridine rings is 1. The van der Waals surface area contributed by atoms with Gasteiger partial charge in [0, 0.05) is 17.2 Å². The number of aromatic nitrogens is 1. The normalized spacial score (nSPS) is 21.6. The predicted molar refractivity (Wildman–Crippen MR) is 65.8 cm³/mol. The largest absolute Gasteiger partial charge is 0.462 e. The molecule has 1 aliphatic rings.